The average molecular weight is 444 g/mol. The normalized spacial score (nSPS) is 15.3. The quantitative estimate of drug-likeness (QED) is 0.667. The molecule has 1 amide bonds. The summed E-state index contributed by atoms with van der Waals surface area (Å²) in [6, 6.07) is 6.08. The van der Waals surface area contributed by atoms with Crippen LogP contribution in [0.4, 0.5) is 4.39 Å². The zero-order valence-electron chi connectivity index (χ0n) is 17.6. The Kier molecular flexibility index (Phi) is 5.04. The van der Waals surface area contributed by atoms with Crippen molar-refractivity contribution in [3.05, 3.63) is 62.8 Å². The van der Waals surface area contributed by atoms with Crippen molar-refractivity contribution < 1.29 is 14.3 Å². The SMILES string of the molecule is CCN1C(=O)c2c(O)c(=O)c(-c3nnc(Cc4ccc(F)cc4)s3)cn2N(C)C1(C)C. The van der Waals surface area contributed by atoms with Gasteiger partial charge in [-0.2, -0.15) is 0 Å². The highest BCUT2D eigenvalue weighted by atomic mass is 32.1. The Morgan fingerprint density at radius 2 is 1.84 bits per heavy atom. The van der Waals surface area contributed by atoms with E-state index >= 15 is 0 Å². The van der Waals surface area contributed by atoms with E-state index in [1.165, 1.54) is 34.3 Å². The minimum Gasteiger partial charge on any atom is -0.502 e. The summed E-state index contributed by atoms with van der Waals surface area (Å²) in [5.74, 6) is -1.35. The van der Waals surface area contributed by atoms with E-state index in [1.807, 2.05) is 20.8 Å². The van der Waals surface area contributed by atoms with Gasteiger partial charge in [0.25, 0.3) is 5.91 Å². The molecular weight excluding hydrogens is 421 g/mol. The van der Waals surface area contributed by atoms with Crippen LogP contribution in [0.1, 0.15) is 41.8 Å². The molecule has 0 unspecified atom stereocenters. The number of hydrogen-bond donors (Lipinski definition) is 1. The predicted molar refractivity (Wildman–Crippen MR) is 115 cm³/mol. The minimum absolute atomic E-state index is 0.0755. The van der Waals surface area contributed by atoms with E-state index in [0.717, 1.165) is 5.56 Å². The molecule has 162 valence electrons. The van der Waals surface area contributed by atoms with E-state index in [2.05, 4.69) is 10.2 Å². The van der Waals surface area contributed by atoms with Crippen molar-refractivity contribution >= 4 is 17.2 Å². The summed E-state index contributed by atoms with van der Waals surface area (Å²) >= 11 is 1.21. The number of hydrogen-bond acceptors (Lipinski definition) is 7. The second kappa shape index (κ2) is 7.45. The highest BCUT2D eigenvalue weighted by molar-refractivity contribution is 7.14. The molecule has 4 rings (SSSR count). The zero-order chi connectivity index (χ0) is 22.5. The standard InChI is InChI=1S/C21H22FN5O3S/c1-5-26-20(30)16-18(29)17(28)14(11-27(16)25(4)21(26,2)3)19-24-23-15(31-19)10-12-6-8-13(22)9-7-12/h6-9,11,29H,5,10H2,1-4H3. The van der Waals surface area contributed by atoms with Crippen molar-refractivity contribution in [2.24, 2.45) is 0 Å². The number of aromatic hydroxyl groups is 1. The fourth-order valence-corrected chi connectivity index (χ4v) is 4.61. The number of pyridine rings is 1. The number of carbonyl (C=O) groups excluding carboxylic acids is 1. The summed E-state index contributed by atoms with van der Waals surface area (Å²) < 4.78 is 14.6. The van der Waals surface area contributed by atoms with Gasteiger partial charge in [-0.1, -0.05) is 23.5 Å². The van der Waals surface area contributed by atoms with Gasteiger partial charge in [-0.25, -0.2) is 4.39 Å². The van der Waals surface area contributed by atoms with Gasteiger partial charge in [-0.05, 0) is 38.5 Å². The molecule has 1 N–H and O–H groups in total. The molecule has 31 heavy (non-hydrogen) atoms. The Morgan fingerprint density at radius 1 is 1.16 bits per heavy atom. The first-order chi connectivity index (χ1) is 14.6. The Bertz CT molecular complexity index is 1220. The van der Waals surface area contributed by atoms with Crippen LogP contribution in [0.15, 0.2) is 35.3 Å². The Morgan fingerprint density at radius 3 is 2.48 bits per heavy atom. The molecule has 3 heterocycles. The van der Waals surface area contributed by atoms with Crippen LogP contribution in [0.2, 0.25) is 0 Å². The van der Waals surface area contributed by atoms with E-state index < -0.39 is 22.7 Å². The van der Waals surface area contributed by atoms with Gasteiger partial charge < -0.3 is 10.0 Å². The predicted octanol–water partition coefficient (Wildman–Crippen LogP) is 2.58. The van der Waals surface area contributed by atoms with Crippen molar-refractivity contribution in [1.29, 1.82) is 0 Å². The Labute approximate surface area is 182 Å². The highest BCUT2D eigenvalue weighted by Crippen LogP contribution is 2.32. The maximum atomic E-state index is 13.1. The number of fused-ring (bicyclic) bond motifs is 1. The first kappa shape index (κ1) is 21.0. The number of rotatable bonds is 4. The van der Waals surface area contributed by atoms with Gasteiger partial charge in [0.05, 0.1) is 5.56 Å². The van der Waals surface area contributed by atoms with Crippen LogP contribution in [0.5, 0.6) is 5.75 Å². The molecule has 0 saturated heterocycles. The molecule has 1 aliphatic heterocycles. The summed E-state index contributed by atoms with van der Waals surface area (Å²) in [5.41, 5.74) is -0.404. The third-order valence-corrected chi connectivity index (χ3v) is 6.63. The number of benzene rings is 1. The van der Waals surface area contributed by atoms with Crippen LogP contribution in [-0.2, 0) is 6.42 Å². The summed E-state index contributed by atoms with van der Waals surface area (Å²) in [5, 5.41) is 21.7. The summed E-state index contributed by atoms with van der Waals surface area (Å²) in [4.78, 5) is 27.5. The van der Waals surface area contributed by atoms with Gasteiger partial charge in [0.2, 0.25) is 5.43 Å². The molecule has 10 heteroatoms. The van der Waals surface area contributed by atoms with Crippen molar-refractivity contribution in [1.82, 2.24) is 19.8 Å². The largest absolute Gasteiger partial charge is 0.502 e. The van der Waals surface area contributed by atoms with Crippen LogP contribution < -0.4 is 10.4 Å². The zero-order valence-corrected chi connectivity index (χ0v) is 18.4. The lowest BCUT2D eigenvalue weighted by Crippen LogP contribution is -2.66. The van der Waals surface area contributed by atoms with Crippen LogP contribution >= 0.6 is 11.3 Å². The van der Waals surface area contributed by atoms with Crippen LogP contribution in [0, 0.1) is 5.82 Å². The first-order valence-corrected chi connectivity index (χ1v) is 10.6. The van der Waals surface area contributed by atoms with Crippen molar-refractivity contribution in [3.8, 4) is 16.3 Å². The third kappa shape index (κ3) is 3.36. The van der Waals surface area contributed by atoms with E-state index in [4.69, 9.17) is 0 Å². The van der Waals surface area contributed by atoms with E-state index in [1.54, 1.807) is 29.1 Å². The van der Waals surface area contributed by atoms with Gasteiger partial charge in [0.15, 0.2) is 16.5 Å². The second-order valence-corrected chi connectivity index (χ2v) is 8.85. The van der Waals surface area contributed by atoms with Crippen molar-refractivity contribution in [3.63, 3.8) is 0 Å². The molecule has 0 aliphatic carbocycles. The van der Waals surface area contributed by atoms with Gasteiger partial charge in [0.1, 0.15) is 16.5 Å². The van der Waals surface area contributed by atoms with Gasteiger partial charge in [0, 0.05) is 26.2 Å². The molecule has 0 bridgehead atoms. The lowest BCUT2D eigenvalue weighted by Gasteiger charge is -2.50. The van der Waals surface area contributed by atoms with Crippen molar-refractivity contribution in [2.45, 2.75) is 32.9 Å². The lowest BCUT2D eigenvalue weighted by molar-refractivity contribution is 0.0416. The van der Waals surface area contributed by atoms with Crippen LogP contribution in [-0.4, -0.2) is 50.0 Å². The lowest BCUT2D eigenvalue weighted by atomic mass is 10.1. The monoisotopic (exact) mass is 443 g/mol. The van der Waals surface area contributed by atoms with Gasteiger partial charge in [-0.3, -0.25) is 19.3 Å². The number of aromatic nitrogens is 3. The Balaban J connectivity index is 1.77. The minimum atomic E-state index is -0.674. The molecule has 1 aromatic carbocycles. The smallest absolute Gasteiger partial charge is 0.278 e. The maximum absolute atomic E-state index is 13.1. The maximum Gasteiger partial charge on any atom is 0.278 e. The second-order valence-electron chi connectivity index (χ2n) is 7.79. The first-order valence-electron chi connectivity index (χ1n) is 9.77. The number of amides is 1. The van der Waals surface area contributed by atoms with E-state index in [-0.39, 0.29) is 17.1 Å². The number of halogens is 1. The summed E-state index contributed by atoms with van der Waals surface area (Å²) in [6.45, 7) is 6.04. The molecule has 0 saturated carbocycles. The molecule has 8 nitrogen and oxygen atoms in total. The molecule has 0 radical (unpaired) electrons. The molecular formula is C21H22FN5O3S. The molecule has 1 aliphatic rings. The van der Waals surface area contributed by atoms with Crippen molar-refractivity contribution in [2.75, 3.05) is 18.6 Å². The Hall–Kier alpha value is -3.27. The number of nitrogens with zero attached hydrogens (tertiary/aromatic N) is 5. The van der Waals surface area contributed by atoms with Crippen LogP contribution in [0.25, 0.3) is 10.6 Å². The average Bonchev–Trinajstić information content (AvgIpc) is 3.18. The topological polar surface area (TPSA) is 91.6 Å². The molecule has 0 spiro atoms. The van der Waals surface area contributed by atoms with E-state index in [9.17, 15) is 19.1 Å². The molecule has 2 aromatic heterocycles. The van der Waals surface area contributed by atoms with Crippen LogP contribution in [0.3, 0.4) is 0 Å². The van der Waals surface area contributed by atoms with Gasteiger partial charge in [-0.15, -0.1) is 10.2 Å². The fourth-order valence-electron chi connectivity index (χ4n) is 3.73. The third-order valence-electron chi connectivity index (χ3n) is 5.67. The molecule has 0 fully saturated rings. The number of carbonyl (C=O) groups is 1. The van der Waals surface area contributed by atoms with E-state index in [0.29, 0.717) is 23.0 Å². The highest BCUT2D eigenvalue weighted by Gasteiger charge is 2.43. The van der Waals surface area contributed by atoms with Gasteiger partial charge >= 0.3 is 0 Å². The fraction of sp³-hybridized carbons (Fsp3) is 0.333. The molecule has 0 atom stereocenters. The summed E-state index contributed by atoms with van der Waals surface area (Å²) in [6.07, 6.45) is 1.96. The molecule has 3 aromatic rings. The summed E-state index contributed by atoms with van der Waals surface area (Å²) in [7, 11) is 1.78.